The molecule has 3 atom stereocenters. The van der Waals surface area contributed by atoms with Crippen molar-refractivity contribution in [2.45, 2.75) is 57.7 Å². The van der Waals surface area contributed by atoms with Crippen molar-refractivity contribution in [1.82, 2.24) is 15.2 Å². The highest BCUT2D eigenvalue weighted by molar-refractivity contribution is 5.81. The highest BCUT2D eigenvalue weighted by Gasteiger charge is 2.37. The van der Waals surface area contributed by atoms with Crippen LogP contribution in [0.5, 0.6) is 0 Å². The summed E-state index contributed by atoms with van der Waals surface area (Å²) in [6.07, 6.45) is 4.73. The van der Waals surface area contributed by atoms with Crippen LogP contribution in [-0.2, 0) is 4.79 Å². The molecule has 2 heterocycles. The lowest BCUT2D eigenvalue weighted by molar-refractivity contribution is -0.130. The Morgan fingerprint density at radius 1 is 1.44 bits per heavy atom. The van der Waals surface area contributed by atoms with Crippen molar-refractivity contribution in [1.29, 1.82) is 0 Å². The molecule has 18 heavy (non-hydrogen) atoms. The first-order chi connectivity index (χ1) is 8.67. The Morgan fingerprint density at radius 3 is 2.89 bits per heavy atom. The fourth-order valence-electron chi connectivity index (χ4n) is 3.48. The molecule has 1 amide bonds. The first-order valence-electron chi connectivity index (χ1n) is 7.17. The second kappa shape index (κ2) is 5.99. The normalized spacial score (nSPS) is 31.7. The third-order valence-electron chi connectivity index (χ3n) is 4.47. The summed E-state index contributed by atoms with van der Waals surface area (Å²) in [5, 5.41) is 0. The van der Waals surface area contributed by atoms with Crippen LogP contribution in [0.15, 0.2) is 0 Å². The largest absolute Gasteiger partial charge is 0.298 e. The van der Waals surface area contributed by atoms with Crippen molar-refractivity contribution in [2.75, 3.05) is 19.6 Å². The summed E-state index contributed by atoms with van der Waals surface area (Å²) in [5.74, 6) is 5.25. The van der Waals surface area contributed by atoms with Gasteiger partial charge in [-0.2, -0.15) is 0 Å². The van der Waals surface area contributed by atoms with E-state index < -0.39 is 0 Å². The maximum Gasteiger partial charge on any atom is 0.251 e. The molecule has 5 nitrogen and oxygen atoms in total. The Kier molecular flexibility index (Phi) is 4.59. The summed E-state index contributed by atoms with van der Waals surface area (Å²) in [7, 11) is 0. The van der Waals surface area contributed by atoms with E-state index in [0.717, 1.165) is 19.5 Å². The van der Waals surface area contributed by atoms with Crippen LogP contribution in [0.1, 0.15) is 39.5 Å². The number of piperidine rings is 1. The van der Waals surface area contributed by atoms with Gasteiger partial charge in [0.05, 0.1) is 6.04 Å². The highest BCUT2D eigenvalue weighted by atomic mass is 16.2. The molecule has 2 aliphatic rings. The van der Waals surface area contributed by atoms with Gasteiger partial charge in [-0.25, -0.2) is 5.84 Å². The second-order valence-corrected chi connectivity index (χ2v) is 5.62. The van der Waals surface area contributed by atoms with Gasteiger partial charge in [0, 0.05) is 25.2 Å². The summed E-state index contributed by atoms with van der Waals surface area (Å²) in [4.78, 5) is 16.8. The molecule has 0 spiro atoms. The molecule has 104 valence electrons. The number of rotatable bonds is 3. The molecule has 0 aliphatic carbocycles. The van der Waals surface area contributed by atoms with E-state index in [2.05, 4.69) is 29.1 Å². The summed E-state index contributed by atoms with van der Waals surface area (Å²) in [6, 6.07) is 0.991. The van der Waals surface area contributed by atoms with E-state index in [1.807, 2.05) is 0 Å². The van der Waals surface area contributed by atoms with Crippen molar-refractivity contribution >= 4 is 5.91 Å². The van der Waals surface area contributed by atoms with Gasteiger partial charge in [0.2, 0.25) is 0 Å². The van der Waals surface area contributed by atoms with Gasteiger partial charge in [0.25, 0.3) is 5.91 Å². The van der Waals surface area contributed by atoms with Crippen LogP contribution in [0, 0.1) is 0 Å². The van der Waals surface area contributed by atoms with Crippen molar-refractivity contribution in [3.05, 3.63) is 0 Å². The Bertz CT molecular complexity index is 297. The van der Waals surface area contributed by atoms with Crippen molar-refractivity contribution in [3.8, 4) is 0 Å². The predicted molar refractivity (Wildman–Crippen MR) is 71.8 cm³/mol. The number of hydrogen-bond acceptors (Lipinski definition) is 4. The van der Waals surface area contributed by atoms with E-state index in [0.29, 0.717) is 12.1 Å². The molecule has 2 rings (SSSR count). The fourth-order valence-corrected chi connectivity index (χ4v) is 3.48. The molecule has 0 aromatic heterocycles. The first-order valence-corrected chi connectivity index (χ1v) is 7.17. The van der Waals surface area contributed by atoms with E-state index in [1.165, 1.54) is 25.8 Å². The Labute approximate surface area is 110 Å². The van der Waals surface area contributed by atoms with Crippen LogP contribution in [0.2, 0.25) is 0 Å². The number of nitrogens with one attached hydrogen (secondary N) is 1. The maximum absolute atomic E-state index is 11.9. The predicted octanol–water partition coefficient (Wildman–Crippen LogP) is 0.314. The molecule has 0 radical (unpaired) electrons. The Hall–Kier alpha value is -0.650. The van der Waals surface area contributed by atoms with Crippen molar-refractivity contribution in [3.63, 3.8) is 0 Å². The van der Waals surface area contributed by atoms with Crippen LogP contribution in [-0.4, -0.2) is 53.5 Å². The Morgan fingerprint density at radius 2 is 2.22 bits per heavy atom. The molecule has 3 unspecified atom stereocenters. The van der Waals surface area contributed by atoms with E-state index in [4.69, 9.17) is 5.84 Å². The molecule has 5 heteroatoms. The smallest absolute Gasteiger partial charge is 0.251 e. The van der Waals surface area contributed by atoms with Crippen LogP contribution in [0.3, 0.4) is 0 Å². The second-order valence-electron chi connectivity index (χ2n) is 5.62. The molecule has 0 aromatic rings. The van der Waals surface area contributed by atoms with Gasteiger partial charge >= 0.3 is 0 Å². The summed E-state index contributed by atoms with van der Waals surface area (Å²) in [6.45, 7) is 7.59. The van der Waals surface area contributed by atoms with Crippen LogP contribution in [0.25, 0.3) is 0 Å². The number of nitrogens with two attached hydrogens (primary N) is 1. The van der Waals surface area contributed by atoms with Gasteiger partial charge in [-0.1, -0.05) is 13.3 Å². The lowest BCUT2D eigenvalue weighted by atomic mass is 9.95. The third-order valence-corrected chi connectivity index (χ3v) is 4.47. The quantitative estimate of drug-likeness (QED) is 0.432. The van der Waals surface area contributed by atoms with Crippen molar-refractivity contribution < 1.29 is 4.79 Å². The minimum absolute atomic E-state index is 0.0476. The third kappa shape index (κ3) is 2.68. The SMILES string of the molecule is CCC(C(=O)NN)N1CC2CCCCN2CC1C. The molecular weight excluding hydrogens is 228 g/mol. The molecule has 2 saturated heterocycles. The summed E-state index contributed by atoms with van der Waals surface area (Å²) in [5.41, 5.74) is 2.31. The number of piperazine rings is 1. The van der Waals surface area contributed by atoms with E-state index in [1.54, 1.807) is 0 Å². The number of hydrogen-bond donors (Lipinski definition) is 2. The molecule has 0 saturated carbocycles. The monoisotopic (exact) mass is 254 g/mol. The standard InChI is InChI=1S/C13H26N4O/c1-3-12(13(18)15-14)17-9-11-6-4-5-7-16(11)8-10(17)2/h10-12H,3-9,14H2,1-2H3,(H,15,18). The van der Waals surface area contributed by atoms with Crippen LogP contribution in [0.4, 0.5) is 0 Å². The molecule has 2 aliphatic heterocycles. The summed E-state index contributed by atoms with van der Waals surface area (Å²) < 4.78 is 0. The highest BCUT2D eigenvalue weighted by Crippen LogP contribution is 2.26. The number of hydrazine groups is 1. The topological polar surface area (TPSA) is 61.6 Å². The molecular formula is C13H26N4O. The van der Waals surface area contributed by atoms with Crippen LogP contribution >= 0.6 is 0 Å². The van der Waals surface area contributed by atoms with Gasteiger partial charge in [-0.05, 0) is 32.7 Å². The number of nitrogens with zero attached hydrogens (tertiary/aromatic N) is 2. The maximum atomic E-state index is 11.9. The van der Waals surface area contributed by atoms with Gasteiger partial charge < -0.3 is 0 Å². The van der Waals surface area contributed by atoms with Gasteiger partial charge in [-0.15, -0.1) is 0 Å². The Balaban J connectivity index is 2.05. The average molecular weight is 254 g/mol. The van der Waals surface area contributed by atoms with Gasteiger partial charge in [-0.3, -0.25) is 20.0 Å². The van der Waals surface area contributed by atoms with Crippen molar-refractivity contribution in [2.24, 2.45) is 5.84 Å². The van der Waals surface area contributed by atoms with Gasteiger partial charge in [0.15, 0.2) is 0 Å². The zero-order chi connectivity index (χ0) is 13.1. The zero-order valence-electron chi connectivity index (χ0n) is 11.6. The number of amides is 1. The van der Waals surface area contributed by atoms with E-state index in [9.17, 15) is 4.79 Å². The minimum Gasteiger partial charge on any atom is -0.298 e. The average Bonchev–Trinajstić information content (AvgIpc) is 2.39. The lowest BCUT2D eigenvalue weighted by Crippen LogP contribution is -2.63. The van der Waals surface area contributed by atoms with E-state index in [-0.39, 0.29) is 11.9 Å². The summed E-state index contributed by atoms with van der Waals surface area (Å²) >= 11 is 0. The zero-order valence-corrected chi connectivity index (χ0v) is 11.6. The molecule has 2 fully saturated rings. The number of carbonyl (C=O) groups excluding carboxylic acids is 1. The van der Waals surface area contributed by atoms with Crippen LogP contribution < -0.4 is 11.3 Å². The lowest BCUT2D eigenvalue weighted by Gasteiger charge is -2.49. The fraction of sp³-hybridized carbons (Fsp3) is 0.923. The minimum atomic E-state index is -0.0749. The van der Waals surface area contributed by atoms with Gasteiger partial charge in [0.1, 0.15) is 0 Å². The number of fused-ring (bicyclic) bond motifs is 1. The molecule has 3 N–H and O–H groups in total. The first kappa shape index (κ1) is 13.8. The van der Waals surface area contributed by atoms with E-state index >= 15 is 0 Å². The number of carbonyl (C=O) groups is 1. The molecule has 0 bridgehead atoms. The molecule has 0 aromatic carbocycles.